The van der Waals surface area contributed by atoms with E-state index < -0.39 is 0 Å². The third-order valence-electron chi connectivity index (χ3n) is 4.21. The number of aliphatic hydroxyl groups excluding tert-OH is 1. The van der Waals surface area contributed by atoms with Crippen LogP contribution in [-0.4, -0.2) is 24.4 Å². The second-order valence-corrected chi connectivity index (χ2v) is 5.05. The molecule has 2 bridgehead atoms. The average Bonchev–Trinajstić information content (AvgIpc) is 2.17. The molecule has 80 valence electrons. The van der Waals surface area contributed by atoms with E-state index in [9.17, 15) is 5.11 Å². The van der Waals surface area contributed by atoms with Crippen molar-refractivity contribution in [3.8, 4) is 0 Å². The highest BCUT2D eigenvalue weighted by molar-refractivity contribution is 5.17. The van der Waals surface area contributed by atoms with E-state index in [0.717, 1.165) is 6.42 Å². The molecule has 0 saturated carbocycles. The van der Waals surface area contributed by atoms with Crippen molar-refractivity contribution in [2.24, 2.45) is 17.3 Å². The van der Waals surface area contributed by atoms with Crippen molar-refractivity contribution >= 4 is 0 Å². The molecule has 2 nitrogen and oxygen atoms in total. The number of fused-ring (bicyclic) bond motifs is 2. The van der Waals surface area contributed by atoms with Crippen LogP contribution in [0.4, 0.5) is 0 Å². The predicted molar refractivity (Wildman–Crippen MR) is 56.0 cm³/mol. The summed E-state index contributed by atoms with van der Waals surface area (Å²) in [6.45, 7) is 7.48. The van der Waals surface area contributed by atoms with E-state index in [1.54, 1.807) is 0 Å². The van der Waals surface area contributed by atoms with Crippen molar-refractivity contribution in [1.29, 1.82) is 0 Å². The van der Waals surface area contributed by atoms with Crippen LogP contribution in [0.1, 0.15) is 27.2 Å². The fraction of sp³-hybridized carbons (Fsp3) is 0.833. The molecule has 2 rings (SSSR count). The number of hydrogen-bond donors (Lipinski definition) is 1. The highest BCUT2D eigenvalue weighted by Gasteiger charge is 2.46. The Bertz CT molecular complexity index is 259. The first-order valence-electron chi connectivity index (χ1n) is 5.50. The number of ether oxygens (including phenoxy) is 1. The van der Waals surface area contributed by atoms with E-state index in [4.69, 9.17) is 4.74 Å². The van der Waals surface area contributed by atoms with Gasteiger partial charge in [0.15, 0.2) is 0 Å². The van der Waals surface area contributed by atoms with Crippen molar-refractivity contribution in [3.05, 3.63) is 11.6 Å². The van der Waals surface area contributed by atoms with E-state index in [1.807, 2.05) is 0 Å². The first-order valence-corrected chi connectivity index (χ1v) is 5.50. The zero-order valence-electron chi connectivity index (χ0n) is 9.29. The van der Waals surface area contributed by atoms with Gasteiger partial charge in [-0.3, -0.25) is 0 Å². The molecule has 1 aliphatic carbocycles. The van der Waals surface area contributed by atoms with Gasteiger partial charge in [0.2, 0.25) is 0 Å². The molecule has 14 heavy (non-hydrogen) atoms. The molecule has 1 N–H and O–H groups in total. The van der Waals surface area contributed by atoms with E-state index in [2.05, 4.69) is 26.8 Å². The summed E-state index contributed by atoms with van der Waals surface area (Å²) in [5.74, 6) is 0.961. The summed E-state index contributed by atoms with van der Waals surface area (Å²) in [6, 6.07) is 0. The van der Waals surface area contributed by atoms with Gasteiger partial charge in [0.1, 0.15) is 0 Å². The molecule has 0 amide bonds. The maximum Gasteiger partial charge on any atom is 0.0612 e. The van der Waals surface area contributed by atoms with Crippen molar-refractivity contribution in [1.82, 2.24) is 0 Å². The predicted octanol–water partition coefficient (Wildman–Crippen LogP) is 1.99. The Morgan fingerprint density at radius 3 is 2.93 bits per heavy atom. The van der Waals surface area contributed by atoms with Gasteiger partial charge in [-0.15, -0.1) is 0 Å². The molecule has 1 aliphatic heterocycles. The molecule has 2 heteroatoms. The Morgan fingerprint density at radius 1 is 1.57 bits per heavy atom. The minimum Gasteiger partial charge on any atom is -0.396 e. The Balaban J connectivity index is 2.33. The van der Waals surface area contributed by atoms with Gasteiger partial charge in [0.25, 0.3) is 0 Å². The average molecular weight is 196 g/mol. The van der Waals surface area contributed by atoms with E-state index in [1.165, 1.54) is 5.57 Å². The summed E-state index contributed by atoms with van der Waals surface area (Å²) in [6.07, 6.45) is 3.73. The van der Waals surface area contributed by atoms with Crippen molar-refractivity contribution in [2.75, 3.05) is 13.2 Å². The van der Waals surface area contributed by atoms with Gasteiger partial charge in [0.05, 0.1) is 19.3 Å². The molecule has 0 aromatic rings. The van der Waals surface area contributed by atoms with Gasteiger partial charge >= 0.3 is 0 Å². The van der Waals surface area contributed by atoms with Gasteiger partial charge in [-0.1, -0.05) is 18.6 Å². The van der Waals surface area contributed by atoms with E-state index in [-0.39, 0.29) is 12.0 Å². The quantitative estimate of drug-likeness (QED) is 0.650. The molecule has 1 fully saturated rings. The lowest BCUT2D eigenvalue weighted by Crippen LogP contribution is -2.49. The first kappa shape index (κ1) is 10.2. The van der Waals surface area contributed by atoms with Gasteiger partial charge in [-0.05, 0) is 26.2 Å². The second-order valence-electron chi connectivity index (χ2n) is 5.05. The maximum absolute atomic E-state index is 9.53. The summed E-state index contributed by atoms with van der Waals surface area (Å²) in [5, 5.41) is 9.53. The third-order valence-corrected chi connectivity index (χ3v) is 4.21. The van der Waals surface area contributed by atoms with Gasteiger partial charge in [-0.25, -0.2) is 0 Å². The van der Waals surface area contributed by atoms with Crippen molar-refractivity contribution < 1.29 is 9.84 Å². The van der Waals surface area contributed by atoms with Crippen LogP contribution in [0, 0.1) is 17.3 Å². The highest BCUT2D eigenvalue weighted by atomic mass is 16.5. The largest absolute Gasteiger partial charge is 0.396 e. The number of hydrogen-bond acceptors (Lipinski definition) is 2. The monoisotopic (exact) mass is 196 g/mol. The van der Waals surface area contributed by atoms with Crippen LogP contribution in [0.25, 0.3) is 0 Å². The number of rotatable bonds is 1. The molecule has 0 aromatic heterocycles. The second kappa shape index (κ2) is 3.35. The Morgan fingerprint density at radius 2 is 2.29 bits per heavy atom. The molecular weight excluding hydrogens is 176 g/mol. The van der Waals surface area contributed by atoms with Crippen molar-refractivity contribution in [2.45, 2.75) is 33.3 Å². The molecule has 2 aliphatic rings. The number of allylic oxidation sites excluding steroid dienone is 1. The smallest absolute Gasteiger partial charge is 0.0612 e. The lowest BCUT2D eigenvalue weighted by Gasteiger charge is -2.49. The highest BCUT2D eigenvalue weighted by Crippen LogP contribution is 2.47. The summed E-state index contributed by atoms with van der Waals surface area (Å²) in [7, 11) is 0. The SMILES string of the molecule is CC1=C[C@@H](C)[C@@]2(CO)CO[C@H](C)[C@@H]1C2. The first-order chi connectivity index (χ1) is 6.59. The molecule has 0 unspecified atom stereocenters. The van der Waals surface area contributed by atoms with Crippen LogP contribution in [0.2, 0.25) is 0 Å². The third kappa shape index (κ3) is 1.32. The van der Waals surface area contributed by atoms with Crippen LogP contribution in [0.3, 0.4) is 0 Å². The zero-order valence-corrected chi connectivity index (χ0v) is 9.29. The van der Waals surface area contributed by atoms with Crippen LogP contribution < -0.4 is 0 Å². The van der Waals surface area contributed by atoms with E-state index in [0.29, 0.717) is 24.5 Å². The van der Waals surface area contributed by atoms with Gasteiger partial charge in [-0.2, -0.15) is 0 Å². The molecule has 1 saturated heterocycles. The van der Waals surface area contributed by atoms with Gasteiger partial charge < -0.3 is 9.84 Å². The summed E-state index contributed by atoms with van der Waals surface area (Å²) < 4.78 is 5.78. The van der Waals surface area contributed by atoms with E-state index >= 15 is 0 Å². The molecule has 0 radical (unpaired) electrons. The Hall–Kier alpha value is -0.340. The fourth-order valence-electron chi connectivity index (χ4n) is 2.87. The molecule has 0 spiro atoms. The lowest BCUT2D eigenvalue weighted by atomic mass is 9.63. The minimum absolute atomic E-state index is 0.00329. The summed E-state index contributed by atoms with van der Waals surface area (Å²) in [5.41, 5.74) is 1.44. The Kier molecular flexibility index (Phi) is 2.44. The molecular formula is C12H20O2. The van der Waals surface area contributed by atoms with Crippen LogP contribution in [0.5, 0.6) is 0 Å². The minimum atomic E-state index is -0.00329. The molecule has 0 aromatic carbocycles. The fourth-order valence-corrected chi connectivity index (χ4v) is 2.87. The molecule has 4 atom stereocenters. The number of aliphatic hydroxyl groups is 1. The normalized spacial score (nSPS) is 47.4. The van der Waals surface area contributed by atoms with Crippen LogP contribution in [-0.2, 0) is 4.74 Å². The summed E-state index contributed by atoms with van der Waals surface area (Å²) >= 11 is 0. The molecule has 1 heterocycles. The maximum atomic E-state index is 9.53. The summed E-state index contributed by atoms with van der Waals surface area (Å²) in [4.78, 5) is 0. The zero-order chi connectivity index (χ0) is 10.3. The van der Waals surface area contributed by atoms with Gasteiger partial charge in [0, 0.05) is 11.3 Å². The van der Waals surface area contributed by atoms with Crippen LogP contribution in [0.15, 0.2) is 11.6 Å². The van der Waals surface area contributed by atoms with Crippen LogP contribution >= 0.6 is 0 Å². The Labute approximate surface area is 86.0 Å². The van der Waals surface area contributed by atoms with Crippen molar-refractivity contribution in [3.63, 3.8) is 0 Å². The lowest BCUT2D eigenvalue weighted by molar-refractivity contribution is -0.121. The topological polar surface area (TPSA) is 29.5 Å². The standard InChI is InChI=1S/C12H20O2/c1-8-4-9(2)12(6-13)5-11(8)10(3)14-7-12/h4,9-11,13H,5-7H2,1-3H3/t9-,10-,11-,12+/m1/s1.